The number of nitrogens with zero attached hydrogens (tertiary/aromatic N) is 4. The topological polar surface area (TPSA) is 55.6 Å². The highest BCUT2D eigenvalue weighted by molar-refractivity contribution is 5.43. The zero-order valence-electron chi connectivity index (χ0n) is 7.88. The predicted octanol–water partition coefficient (Wildman–Crippen LogP) is 1.09. The molecule has 5 heteroatoms. The van der Waals surface area contributed by atoms with Crippen LogP contribution in [-0.2, 0) is 0 Å². The van der Waals surface area contributed by atoms with Gasteiger partial charge >= 0.3 is 0 Å². The zero-order chi connectivity index (χ0) is 9.80. The molecule has 0 aliphatic rings. The molecule has 5 nitrogen and oxygen atoms in total. The van der Waals surface area contributed by atoms with Crippen molar-refractivity contribution < 1.29 is 0 Å². The van der Waals surface area contributed by atoms with Gasteiger partial charge in [0.1, 0.15) is 18.5 Å². The Kier molecular flexibility index (Phi) is 2.40. The first kappa shape index (κ1) is 8.68. The molecule has 0 aliphatic heterocycles. The summed E-state index contributed by atoms with van der Waals surface area (Å²) in [6.07, 6.45) is 4.91. The predicted molar refractivity (Wildman–Crippen MR) is 53.3 cm³/mol. The first-order valence-electron chi connectivity index (χ1n) is 4.45. The number of nitrogens with one attached hydrogen (secondary N) is 1. The summed E-state index contributed by atoms with van der Waals surface area (Å²) < 4.78 is 1.70. The first-order chi connectivity index (χ1) is 6.90. The van der Waals surface area contributed by atoms with Crippen molar-refractivity contribution in [3.63, 3.8) is 0 Å². The third-order valence-electron chi connectivity index (χ3n) is 1.78. The third kappa shape index (κ3) is 1.71. The Morgan fingerprint density at radius 3 is 3.14 bits per heavy atom. The van der Waals surface area contributed by atoms with E-state index in [2.05, 4.69) is 20.4 Å². The molecular formula is C9H11N5. The molecule has 0 fully saturated rings. The number of pyridine rings is 1. The highest BCUT2D eigenvalue weighted by Gasteiger charge is 1.98. The molecule has 0 saturated carbocycles. The van der Waals surface area contributed by atoms with Crippen molar-refractivity contribution in [3.8, 4) is 5.69 Å². The van der Waals surface area contributed by atoms with Crippen molar-refractivity contribution in [1.29, 1.82) is 0 Å². The second-order valence-corrected chi connectivity index (χ2v) is 2.77. The van der Waals surface area contributed by atoms with Crippen molar-refractivity contribution in [2.24, 2.45) is 0 Å². The Hall–Kier alpha value is -1.91. The maximum atomic E-state index is 4.17. The van der Waals surface area contributed by atoms with Gasteiger partial charge in [-0.3, -0.25) is 0 Å². The lowest BCUT2D eigenvalue weighted by Gasteiger charge is -2.04. The maximum Gasteiger partial charge on any atom is 0.138 e. The molecule has 2 aromatic rings. The summed E-state index contributed by atoms with van der Waals surface area (Å²) in [6.45, 7) is 2.89. The summed E-state index contributed by atoms with van der Waals surface area (Å²) in [5.74, 6) is 0.848. The molecule has 0 radical (unpaired) electrons. The van der Waals surface area contributed by atoms with Crippen molar-refractivity contribution in [2.75, 3.05) is 11.9 Å². The van der Waals surface area contributed by atoms with Crippen LogP contribution in [0.2, 0.25) is 0 Å². The van der Waals surface area contributed by atoms with E-state index in [0.29, 0.717) is 0 Å². The molecule has 2 heterocycles. The van der Waals surface area contributed by atoms with Gasteiger partial charge in [-0.15, -0.1) is 0 Å². The number of hydrogen-bond donors (Lipinski definition) is 1. The van der Waals surface area contributed by atoms with E-state index in [4.69, 9.17) is 0 Å². The largest absolute Gasteiger partial charge is 0.370 e. The van der Waals surface area contributed by atoms with Crippen LogP contribution in [0.4, 0.5) is 5.82 Å². The fourth-order valence-electron chi connectivity index (χ4n) is 1.18. The van der Waals surface area contributed by atoms with E-state index in [1.54, 1.807) is 17.2 Å². The zero-order valence-corrected chi connectivity index (χ0v) is 7.88. The van der Waals surface area contributed by atoms with E-state index in [1.807, 2.05) is 19.1 Å². The van der Waals surface area contributed by atoms with Crippen molar-refractivity contribution in [3.05, 3.63) is 31.0 Å². The fourth-order valence-corrected chi connectivity index (χ4v) is 1.18. The van der Waals surface area contributed by atoms with Crippen molar-refractivity contribution >= 4 is 5.82 Å². The van der Waals surface area contributed by atoms with Crippen LogP contribution in [0.1, 0.15) is 6.92 Å². The van der Waals surface area contributed by atoms with Gasteiger partial charge in [0.25, 0.3) is 0 Å². The van der Waals surface area contributed by atoms with Crippen LogP contribution >= 0.6 is 0 Å². The van der Waals surface area contributed by atoms with Gasteiger partial charge in [0, 0.05) is 18.8 Å². The minimum Gasteiger partial charge on any atom is -0.370 e. The van der Waals surface area contributed by atoms with Crippen LogP contribution in [0.15, 0.2) is 31.0 Å². The lowest BCUT2D eigenvalue weighted by atomic mass is 10.4. The highest BCUT2D eigenvalue weighted by Crippen LogP contribution is 2.09. The third-order valence-corrected chi connectivity index (χ3v) is 1.78. The van der Waals surface area contributed by atoms with Gasteiger partial charge in [-0.25, -0.2) is 14.6 Å². The highest BCUT2D eigenvalue weighted by atomic mass is 15.3. The molecule has 1 N–H and O–H groups in total. The average molecular weight is 189 g/mol. The maximum absolute atomic E-state index is 4.17. The van der Waals surface area contributed by atoms with Gasteiger partial charge in [-0.05, 0) is 13.0 Å². The smallest absolute Gasteiger partial charge is 0.138 e. The van der Waals surface area contributed by atoms with Crippen molar-refractivity contribution in [2.45, 2.75) is 6.92 Å². The van der Waals surface area contributed by atoms with Gasteiger partial charge in [-0.1, -0.05) is 0 Å². The molecule has 0 unspecified atom stereocenters. The molecule has 72 valence electrons. The van der Waals surface area contributed by atoms with Gasteiger partial charge < -0.3 is 5.32 Å². The Morgan fingerprint density at radius 1 is 1.50 bits per heavy atom. The summed E-state index contributed by atoms with van der Waals surface area (Å²) in [5.41, 5.74) is 0.952. The summed E-state index contributed by atoms with van der Waals surface area (Å²) in [4.78, 5) is 8.05. The van der Waals surface area contributed by atoms with Crippen molar-refractivity contribution in [1.82, 2.24) is 19.7 Å². The van der Waals surface area contributed by atoms with Gasteiger partial charge in [-0.2, -0.15) is 5.10 Å². The first-order valence-corrected chi connectivity index (χ1v) is 4.45. The SMILES string of the molecule is CCNc1cc(-n2cncn2)ccn1. The number of rotatable bonds is 3. The van der Waals surface area contributed by atoms with Gasteiger partial charge in [0.15, 0.2) is 0 Å². The number of anilines is 1. The Morgan fingerprint density at radius 2 is 2.43 bits per heavy atom. The number of aromatic nitrogens is 4. The molecule has 2 rings (SSSR count). The minimum atomic E-state index is 0.848. The molecule has 2 aromatic heterocycles. The van der Waals surface area contributed by atoms with E-state index < -0.39 is 0 Å². The molecular weight excluding hydrogens is 178 g/mol. The summed E-state index contributed by atoms with van der Waals surface area (Å²) in [5, 5.41) is 7.17. The van der Waals surface area contributed by atoms with E-state index in [9.17, 15) is 0 Å². The Labute approximate surface area is 81.8 Å². The van der Waals surface area contributed by atoms with Crippen LogP contribution in [-0.4, -0.2) is 26.3 Å². The van der Waals surface area contributed by atoms with Crippen LogP contribution < -0.4 is 5.32 Å². The molecule has 0 aliphatic carbocycles. The Balaban J connectivity index is 2.31. The molecule has 0 bridgehead atoms. The molecule has 0 amide bonds. The van der Waals surface area contributed by atoms with Crippen LogP contribution in [0.5, 0.6) is 0 Å². The van der Waals surface area contributed by atoms with Crippen LogP contribution in [0, 0.1) is 0 Å². The van der Waals surface area contributed by atoms with E-state index in [-0.39, 0.29) is 0 Å². The lowest BCUT2D eigenvalue weighted by molar-refractivity contribution is 0.876. The van der Waals surface area contributed by atoms with Gasteiger partial charge in [0.05, 0.1) is 5.69 Å². The molecule has 0 saturated heterocycles. The summed E-state index contributed by atoms with van der Waals surface area (Å²) in [7, 11) is 0. The minimum absolute atomic E-state index is 0.848. The quantitative estimate of drug-likeness (QED) is 0.785. The monoisotopic (exact) mass is 189 g/mol. The fraction of sp³-hybridized carbons (Fsp3) is 0.222. The molecule has 0 aromatic carbocycles. The van der Waals surface area contributed by atoms with Gasteiger partial charge in [0.2, 0.25) is 0 Å². The second kappa shape index (κ2) is 3.87. The lowest BCUT2D eigenvalue weighted by Crippen LogP contribution is -2.01. The number of hydrogen-bond acceptors (Lipinski definition) is 4. The molecule has 0 spiro atoms. The van der Waals surface area contributed by atoms with Crippen LogP contribution in [0.3, 0.4) is 0 Å². The summed E-state index contributed by atoms with van der Waals surface area (Å²) >= 11 is 0. The Bertz CT molecular complexity index is 395. The standard InChI is InChI=1S/C9H11N5/c1-2-11-9-5-8(3-4-12-9)14-7-10-6-13-14/h3-7H,2H2,1H3,(H,11,12). The van der Waals surface area contributed by atoms with E-state index >= 15 is 0 Å². The van der Waals surface area contributed by atoms with Crippen LogP contribution in [0.25, 0.3) is 5.69 Å². The summed E-state index contributed by atoms with van der Waals surface area (Å²) in [6, 6.07) is 3.81. The second-order valence-electron chi connectivity index (χ2n) is 2.77. The van der Waals surface area contributed by atoms with E-state index in [1.165, 1.54) is 6.33 Å². The molecule has 14 heavy (non-hydrogen) atoms. The molecule has 0 atom stereocenters. The average Bonchev–Trinajstić information content (AvgIpc) is 2.71. The van der Waals surface area contributed by atoms with E-state index in [0.717, 1.165) is 18.1 Å². The normalized spacial score (nSPS) is 10.1.